The second-order valence-corrected chi connectivity index (χ2v) is 5.09. The quantitative estimate of drug-likeness (QED) is 0.564. The van der Waals surface area contributed by atoms with E-state index in [0.29, 0.717) is 38.2 Å². The van der Waals surface area contributed by atoms with Crippen LogP contribution in [0.1, 0.15) is 10.4 Å². The largest absolute Gasteiger partial charge is 0.298 e. The Morgan fingerprint density at radius 2 is 1.72 bits per heavy atom. The maximum atomic E-state index is 10.8. The maximum Gasteiger partial charge on any atom is 0.151 e. The molecule has 2 nitrogen and oxygen atoms in total. The fraction of sp³-hybridized carbons (Fsp3) is 0. The zero-order valence-corrected chi connectivity index (χ0v) is 11.8. The van der Waals surface area contributed by atoms with Crippen LogP contribution in [0, 0.1) is 0 Å². The number of benzene rings is 1. The lowest BCUT2D eigenvalue weighted by Crippen LogP contribution is -1.90. The molecule has 0 amide bonds. The van der Waals surface area contributed by atoms with Gasteiger partial charge in [0, 0.05) is 22.3 Å². The summed E-state index contributed by atoms with van der Waals surface area (Å²) in [5, 5.41) is 1.36. The topological polar surface area (TPSA) is 30.0 Å². The molecule has 1 aromatic carbocycles. The molecule has 92 valence electrons. The van der Waals surface area contributed by atoms with Crippen molar-refractivity contribution in [3.63, 3.8) is 0 Å². The third-order valence-electron chi connectivity index (χ3n) is 2.28. The first-order chi connectivity index (χ1) is 8.52. The molecule has 0 aliphatic rings. The van der Waals surface area contributed by atoms with Crippen LogP contribution in [0.3, 0.4) is 0 Å². The summed E-state index contributed by atoms with van der Waals surface area (Å²) in [5.74, 6) is 0. The van der Waals surface area contributed by atoms with Gasteiger partial charge in [0.1, 0.15) is 0 Å². The second-order valence-electron chi connectivity index (χ2n) is 3.46. The first kappa shape index (κ1) is 13.6. The summed E-state index contributed by atoms with van der Waals surface area (Å²) < 4.78 is 0. The van der Waals surface area contributed by atoms with Crippen LogP contribution in [0.5, 0.6) is 0 Å². The van der Waals surface area contributed by atoms with E-state index in [9.17, 15) is 4.79 Å². The van der Waals surface area contributed by atoms with Gasteiger partial charge in [-0.05, 0) is 18.2 Å². The second kappa shape index (κ2) is 5.45. The number of pyridine rings is 1. The Morgan fingerprint density at radius 1 is 1.00 bits per heavy atom. The molecule has 0 N–H and O–H groups in total. The zero-order chi connectivity index (χ0) is 13.3. The van der Waals surface area contributed by atoms with E-state index in [0.717, 1.165) is 0 Å². The Hall–Kier alpha value is -0.800. The summed E-state index contributed by atoms with van der Waals surface area (Å²) >= 11 is 23.7. The monoisotopic (exact) mass is 319 g/mol. The van der Waals surface area contributed by atoms with Gasteiger partial charge < -0.3 is 0 Å². The van der Waals surface area contributed by atoms with Crippen LogP contribution in [-0.2, 0) is 0 Å². The molecular weight excluding hydrogens is 316 g/mol. The van der Waals surface area contributed by atoms with E-state index in [-0.39, 0.29) is 5.02 Å². The molecule has 0 saturated heterocycles. The van der Waals surface area contributed by atoms with Crippen LogP contribution in [0.25, 0.3) is 11.3 Å². The van der Waals surface area contributed by atoms with E-state index in [1.165, 1.54) is 18.3 Å². The molecule has 2 aromatic rings. The van der Waals surface area contributed by atoms with E-state index in [4.69, 9.17) is 46.4 Å². The highest BCUT2D eigenvalue weighted by atomic mass is 35.5. The van der Waals surface area contributed by atoms with Crippen LogP contribution >= 0.6 is 46.4 Å². The Balaban J connectivity index is 2.65. The molecule has 0 radical (unpaired) electrons. The number of carbonyl (C=O) groups is 1. The van der Waals surface area contributed by atoms with Gasteiger partial charge in [0.05, 0.1) is 20.8 Å². The molecule has 0 fully saturated rings. The summed E-state index contributed by atoms with van der Waals surface area (Å²) in [5.41, 5.74) is 1.36. The lowest BCUT2D eigenvalue weighted by atomic mass is 10.1. The minimum absolute atomic E-state index is 0.276. The minimum atomic E-state index is 0.276. The molecule has 0 spiro atoms. The molecule has 1 heterocycles. The first-order valence-electron chi connectivity index (χ1n) is 4.78. The van der Waals surface area contributed by atoms with Gasteiger partial charge in [-0.1, -0.05) is 46.4 Å². The number of halogens is 4. The fourth-order valence-electron chi connectivity index (χ4n) is 1.43. The molecule has 0 saturated carbocycles. The summed E-state index contributed by atoms with van der Waals surface area (Å²) in [7, 11) is 0. The van der Waals surface area contributed by atoms with Crippen molar-refractivity contribution >= 4 is 52.7 Å². The van der Waals surface area contributed by atoms with Crippen molar-refractivity contribution in [2.24, 2.45) is 0 Å². The van der Waals surface area contributed by atoms with Crippen LogP contribution in [0.2, 0.25) is 20.1 Å². The van der Waals surface area contributed by atoms with Crippen molar-refractivity contribution in [2.75, 3.05) is 0 Å². The molecule has 2 rings (SSSR count). The van der Waals surface area contributed by atoms with Gasteiger partial charge in [0.15, 0.2) is 6.29 Å². The number of nitrogens with zero attached hydrogens (tertiary/aromatic N) is 1. The number of aldehydes is 1. The third-order valence-corrected chi connectivity index (χ3v) is 3.62. The number of hydrogen-bond donors (Lipinski definition) is 0. The van der Waals surface area contributed by atoms with E-state index in [1.54, 1.807) is 6.07 Å². The van der Waals surface area contributed by atoms with E-state index < -0.39 is 0 Å². The fourth-order valence-corrected chi connectivity index (χ4v) is 2.28. The molecule has 0 bridgehead atoms. The molecular formula is C12H5Cl4NO. The van der Waals surface area contributed by atoms with Crippen LogP contribution in [-0.4, -0.2) is 11.3 Å². The maximum absolute atomic E-state index is 10.8. The van der Waals surface area contributed by atoms with Crippen molar-refractivity contribution in [1.29, 1.82) is 0 Å². The Morgan fingerprint density at radius 3 is 2.39 bits per heavy atom. The van der Waals surface area contributed by atoms with Crippen molar-refractivity contribution in [3.05, 3.63) is 50.0 Å². The van der Waals surface area contributed by atoms with Gasteiger partial charge in [0.25, 0.3) is 0 Å². The van der Waals surface area contributed by atoms with Crippen molar-refractivity contribution < 1.29 is 4.79 Å². The zero-order valence-electron chi connectivity index (χ0n) is 8.75. The lowest BCUT2D eigenvalue weighted by Gasteiger charge is -2.07. The lowest BCUT2D eigenvalue weighted by molar-refractivity contribution is 0.112. The number of aromatic nitrogens is 1. The van der Waals surface area contributed by atoms with Gasteiger partial charge >= 0.3 is 0 Å². The van der Waals surface area contributed by atoms with Crippen LogP contribution in [0.15, 0.2) is 24.4 Å². The van der Waals surface area contributed by atoms with Gasteiger partial charge in [-0.15, -0.1) is 0 Å². The summed E-state index contributed by atoms with van der Waals surface area (Å²) in [4.78, 5) is 14.9. The van der Waals surface area contributed by atoms with Gasteiger partial charge in [-0.25, -0.2) is 0 Å². The van der Waals surface area contributed by atoms with E-state index in [1.807, 2.05) is 0 Å². The van der Waals surface area contributed by atoms with Crippen LogP contribution in [0.4, 0.5) is 0 Å². The highest BCUT2D eigenvalue weighted by Crippen LogP contribution is 2.36. The van der Waals surface area contributed by atoms with Crippen molar-refractivity contribution in [3.8, 4) is 11.3 Å². The Labute approximate surface area is 123 Å². The Bertz CT molecular complexity index is 628. The molecule has 1 aromatic heterocycles. The average molecular weight is 321 g/mol. The smallest absolute Gasteiger partial charge is 0.151 e. The number of rotatable bonds is 2. The summed E-state index contributed by atoms with van der Waals surface area (Å²) in [6.07, 6.45) is 2.03. The minimum Gasteiger partial charge on any atom is -0.298 e. The normalized spacial score (nSPS) is 10.4. The first-order valence-corrected chi connectivity index (χ1v) is 6.29. The number of hydrogen-bond acceptors (Lipinski definition) is 2. The van der Waals surface area contributed by atoms with Gasteiger partial charge in [0.2, 0.25) is 0 Å². The van der Waals surface area contributed by atoms with Crippen molar-refractivity contribution in [2.45, 2.75) is 0 Å². The molecule has 0 aliphatic heterocycles. The number of carbonyl (C=O) groups excluding carboxylic acids is 1. The van der Waals surface area contributed by atoms with Crippen molar-refractivity contribution in [1.82, 2.24) is 4.98 Å². The SMILES string of the molecule is O=Cc1cc(-c2cc(Cl)cc(Cl)c2Cl)ncc1Cl. The molecule has 0 atom stereocenters. The van der Waals surface area contributed by atoms with Gasteiger partial charge in [-0.2, -0.15) is 0 Å². The predicted octanol–water partition coefficient (Wildman–Crippen LogP) is 5.17. The van der Waals surface area contributed by atoms with E-state index >= 15 is 0 Å². The third kappa shape index (κ3) is 2.62. The predicted molar refractivity (Wildman–Crippen MR) is 75.1 cm³/mol. The average Bonchev–Trinajstić information content (AvgIpc) is 2.34. The van der Waals surface area contributed by atoms with Crippen LogP contribution < -0.4 is 0 Å². The molecule has 0 aliphatic carbocycles. The molecule has 0 unspecified atom stereocenters. The summed E-state index contributed by atoms with van der Waals surface area (Å²) in [6, 6.07) is 4.69. The molecule has 18 heavy (non-hydrogen) atoms. The highest BCUT2D eigenvalue weighted by molar-refractivity contribution is 6.45. The summed E-state index contributed by atoms with van der Waals surface area (Å²) in [6.45, 7) is 0. The standard InChI is InChI=1S/C12H5Cl4NO/c13-7-2-8(12(16)9(14)3-7)11-1-6(5-18)10(15)4-17-11/h1-5H. The van der Waals surface area contributed by atoms with Gasteiger partial charge in [-0.3, -0.25) is 9.78 Å². The van der Waals surface area contributed by atoms with E-state index in [2.05, 4.69) is 4.98 Å². The molecule has 6 heteroatoms. The highest BCUT2D eigenvalue weighted by Gasteiger charge is 2.12. The Kier molecular flexibility index (Phi) is 4.13.